The van der Waals surface area contributed by atoms with Gasteiger partial charge in [-0.25, -0.2) is 14.0 Å². The van der Waals surface area contributed by atoms with Gasteiger partial charge in [0.05, 0.1) is 18.4 Å². The highest BCUT2D eigenvalue weighted by atomic mass is 79.9. The lowest BCUT2D eigenvalue weighted by molar-refractivity contribution is -0.123. The Morgan fingerprint density at radius 2 is 2.04 bits per heavy atom. The van der Waals surface area contributed by atoms with E-state index in [9.17, 15) is 18.8 Å². The van der Waals surface area contributed by atoms with Crippen molar-refractivity contribution in [2.75, 3.05) is 6.61 Å². The van der Waals surface area contributed by atoms with E-state index in [0.717, 1.165) is 6.07 Å². The van der Waals surface area contributed by atoms with Gasteiger partial charge in [0.15, 0.2) is 6.61 Å². The van der Waals surface area contributed by atoms with Crippen molar-refractivity contribution < 1.29 is 27.9 Å². The SMILES string of the molecule is O=C(COC(=O)c1ccc(Br)cc1F)NC(=O)NCc1ccco1. The first-order valence-electron chi connectivity index (χ1n) is 6.68. The molecule has 126 valence electrons. The van der Waals surface area contributed by atoms with E-state index < -0.39 is 30.3 Å². The number of carbonyl (C=O) groups excluding carboxylic acids is 3. The van der Waals surface area contributed by atoms with Crippen LogP contribution < -0.4 is 10.6 Å². The Morgan fingerprint density at radius 3 is 2.71 bits per heavy atom. The van der Waals surface area contributed by atoms with E-state index in [1.165, 1.54) is 18.4 Å². The van der Waals surface area contributed by atoms with Crippen LogP contribution in [-0.4, -0.2) is 24.5 Å². The molecule has 7 nitrogen and oxygen atoms in total. The first-order valence-corrected chi connectivity index (χ1v) is 7.47. The third-order valence-electron chi connectivity index (χ3n) is 2.74. The molecular weight excluding hydrogens is 387 g/mol. The summed E-state index contributed by atoms with van der Waals surface area (Å²) in [5.41, 5.74) is -0.312. The van der Waals surface area contributed by atoms with Crippen LogP contribution in [0.25, 0.3) is 0 Å². The molecule has 1 aromatic carbocycles. The number of hydrogen-bond donors (Lipinski definition) is 2. The smallest absolute Gasteiger partial charge is 0.341 e. The number of hydrogen-bond acceptors (Lipinski definition) is 5. The molecule has 0 fully saturated rings. The van der Waals surface area contributed by atoms with E-state index in [0.29, 0.717) is 10.2 Å². The number of halogens is 2. The molecule has 0 unspecified atom stereocenters. The second-order valence-corrected chi connectivity index (χ2v) is 5.43. The molecule has 1 aromatic heterocycles. The molecule has 2 N–H and O–H groups in total. The number of nitrogens with one attached hydrogen (secondary N) is 2. The molecule has 0 saturated heterocycles. The highest BCUT2D eigenvalue weighted by Gasteiger charge is 2.16. The normalized spacial score (nSPS) is 10.1. The van der Waals surface area contributed by atoms with Crippen molar-refractivity contribution in [3.05, 3.63) is 58.2 Å². The fourth-order valence-electron chi connectivity index (χ4n) is 1.65. The van der Waals surface area contributed by atoms with Gasteiger partial charge < -0.3 is 14.5 Å². The Morgan fingerprint density at radius 1 is 1.25 bits per heavy atom. The predicted octanol–water partition coefficient (Wildman–Crippen LogP) is 2.36. The monoisotopic (exact) mass is 398 g/mol. The quantitative estimate of drug-likeness (QED) is 0.753. The van der Waals surface area contributed by atoms with Gasteiger partial charge in [0.25, 0.3) is 5.91 Å². The fourth-order valence-corrected chi connectivity index (χ4v) is 1.98. The lowest BCUT2D eigenvalue weighted by Gasteiger charge is -2.07. The Balaban J connectivity index is 1.75. The number of benzene rings is 1. The minimum atomic E-state index is -1.01. The van der Waals surface area contributed by atoms with Gasteiger partial charge in [-0.1, -0.05) is 15.9 Å². The summed E-state index contributed by atoms with van der Waals surface area (Å²) >= 11 is 3.06. The van der Waals surface area contributed by atoms with Crippen LogP contribution in [0.3, 0.4) is 0 Å². The van der Waals surface area contributed by atoms with Crippen LogP contribution in [0.1, 0.15) is 16.1 Å². The maximum absolute atomic E-state index is 13.6. The van der Waals surface area contributed by atoms with Gasteiger partial charge in [-0.15, -0.1) is 0 Å². The van der Waals surface area contributed by atoms with Crippen LogP contribution in [0.4, 0.5) is 9.18 Å². The summed E-state index contributed by atoms with van der Waals surface area (Å²) in [5, 5.41) is 4.34. The van der Waals surface area contributed by atoms with Crippen LogP contribution in [0.2, 0.25) is 0 Å². The van der Waals surface area contributed by atoms with Crippen molar-refractivity contribution in [2.24, 2.45) is 0 Å². The number of carbonyl (C=O) groups is 3. The zero-order valence-electron chi connectivity index (χ0n) is 12.2. The number of imide groups is 1. The summed E-state index contributed by atoms with van der Waals surface area (Å²) in [7, 11) is 0. The molecule has 0 aliphatic rings. The van der Waals surface area contributed by atoms with Crippen LogP contribution in [-0.2, 0) is 16.1 Å². The Kier molecular flexibility index (Phi) is 6.07. The molecule has 1 heterocycles. The third-order valence-corrected chi connectivity index (χ3v) is 3.23. The Labute approximate surface area is 144 Å². The number of furan rings is 1. The lowest BCUT2D eigenvalue weighted by Crippen LogP contribution is -2.41. The second-order valence-electron chi connectivity index (χ2n) is 4.51. The average molecular weight is 399 g/mol. The molecule has 9 heteroatoms. The maximum Gasteiger partial charge on any atom is 0.341 e. The highest BCUT2D eigenvalue weighted by molar-refractivity contribution is 9.10. The second kappa shape index (κ2) is 8.25. The number of rotatable bonds is 5. The van der Waals surface area contributed by atoms with Gasteiger partial charge in [-0.2, -0.15) is 0 Å². The summed E-state index contributed by atoms with van der Waals surface area (Å²) in [5.74, 6) is -2.13. The zero-order chi connectivity index (χ0) is 17.5. The van der Waals surface area contributed by atoms with Gasteiger partial charge >= 0.3 is 12.0 Å². The molecule has 2 aromatic rings. The summed E-state index contributed by atoms with van der Waals surface area (Å²) in [6.07, 6.45) is 1.45. The van der Waals surface area contributed by atoms with Crippen molar-refractivity contribution in [1.29, 1.82) is 0 Å². The van der Waals surface area contributed by atoms with Gasteiger partial charge in [0.1, 0.15) is 11.6 Å². The minimum Gasteiger partial charge on any atom is -0.467 e. The van der Waals surface area contributed by atoms with Crippen LogP contribution >= 0.6 is 15.9 Å². The van der Waals surface area contributed by atoms with Gasteiger partial charge in [0, 0.05) is 4.47 Å². The van der Waals surface area contributed by atoms with Crippen molar-refractivity contribution in [2.45, 2.75) is 6.54 Å². The van der Waals surface area contributed by atoms with Gasteiger partial charge in [0.2, 0.25) is 0 Å². The Hall–Kier alpha value is -2.68. The fraction of sp³-hybridized carbons (Fsp3) is 0.133. The Bertz CT molecular complexity index is 748. The molecule has 0 spiro atoms. The van der Waals surface area contributed by atoms with Crippen molar-refractivity contribution in [1.82, 2.24) is 10.6 Å². The molecule has 0 aliphatic carbocycles. The van der Waals surface area contributed by atoms with E-state index >= 15 is 0 Å². The van der Waals surface area contributed by atoms with E-state index in [2.05, 4.69) is 26.0 Å². The zero-order valence-corrected chi connectivity index (χ0v) is 13.8. The number of amides is 3. The predicted molar refractivity (Wildman–Crippen MR) is 83.5 cm³/mol. The molecule has 0 radical (unpaired) electrons. The highest BCUT2D eigenvalue weighted by Crippen LogP contribution is 2.15. The summed E-state index contributed by atoms with van der Waals surface area (Å²) in [6, 6.07) is 6.30. The van der Waals surface area contributed by atoms with Crippen molar-refractivity contribution >= 4 is 33.8 Å². The largest absolute Gasteiger partial charge is 0.467 e. The molecule has 0 aliphatic heterocycles. The average Bonchev–Trinajstić information content (AvgIpc) is 3.04. The van der Waals surface area contributed by atoms with Crippen LogP contribution in [0, 0.1) is 5.82 Å². The topological polar surface area (TPSA) is 97.6 Å². The van der Waals surface area contributed by atoms with Gasteiger partial charge in [-0.3, -0.25) is 10.1 Å². The summed E-state index contributed by atoms with van der Waals surface area (Å²) in [4.78, 5) is 34.7. The van der Waals surface area contributed by atoms with Crippen molar-refractivity contribution in [3.63, 3.8) is 0 Å². The molecule has 0 atom stereocenters. The van der Waals surface area contributed by atoms with Gasteiger partial charge in [-0.05, 0) is 30.3 Å². The molecule has 3 amide bonds. The summed E-state index contributed by atoms with van der Waals surface area (Å²) in [6.45, 7) is -0.626. The van der Waals surface area contributed by atoms with E-state index in [1.54, 1.807) is 12.1 Å². The van der Waals surface area contributed by atoms with Crippen molar-refractivity contribution in [3.8, 4) is 0 Å². The number of esters is 1. The van der Waals surface area contributed by atoms with E-state index in [4.69, 9.17) is 4.42 Å². The molecular formula is C15H12BrFN2O5. The summed E-state index contributed by atoms with van der Waals surface area (Å²) < 4.78 is 23.7. The van der Waals surface area contributed by atoms with E-state index in [1.807, 2.05) is 5.32 Å². The number of urea groups is 1. The molecule has 2 rings (SSSR count). The minimum absolute atomic E-state index is 0.0933. The van der Waals surface area contributed by atoms with E-state index in [-0.39, 0.29) is 12.1 Å². The number of ether oxygens (including phenoxy) is 1. The first-order chi connectivity index (χ1) is 11.5. The van der Waals surface area contributed by atoms with Crippen LogP contribution in [0.15, 0.2) is 45.5 Å². The maximum atomic E-state index is 13.6. The van der Waals surface area contributed by atoms with Crippen LogP contribution in [0.5, 0.6) is 0 Å². The third kappa shape index (κ3) is 5.20. The molecule has 0 bridgehead atoms. The standard InChI is InChI=1S/C15H12BrFN2O5/c16-9-3-4-11(12(17)6-9)14(21)24-8-13(20)19-15(22)18-7-10-2-1-5-23-10/h1-6H,7-8H2,(H2,18,19,20,22). The first kappa shape index (κ1) is 17.7. The molecule has 0 saturated carbocycles. The lowest BCUT2D eigenvalue weighted by atomic mass is 10.2. The molecule has 24 heavy (non-hydrogen) atoms.